The molecule has 0 bridgehead atoms. The van der Waals surface area contributed by atoms with Crippen LogP contribution >= 0.6 is 11.8 Å². The third-order valence-corrected chi connectivity index (χ3v) is 5.65. The Hall–Kier alpha value is -2.57. The van der Waals surface area contributed by atoms with Crippen molar-refractivity contribution in [1.29, 1.82) is 0 Å². The lowest BCUT2D eigenvalue weighted by atomic mass is 10.1. The van der Waals surface area contributed by atoms with E-state index in [1.165, 1.54) is 6.08 Å². The number of hydrogen-bond acceptors (Lipinski definition) is 5. The molecule has 0 aliphatic carbocycles. The molecule has 0 saturated heterocycles. The Balaban J connectivity index is 1.66. The van der Waals surface area contributed by atoms with E-state index in [0.29, 0.717) is 5.76 Å². The maximum atomic E-state index is 12.1. The standard InChI is InChI=1S/C23H27N3O2S/c1-4-26(5-2)12-14-29-23-15-17(3)20-16-18(8-10-21(20)25-23)24-22(27)11-9-19-7-6-13-28-19/h6-11,13,15-16H,4-5,12,14H2,1-3H3,(H,24,27)/b11-9-. The quantitative estimate of drug-likeness (QED) is 0.388. The molecule has 1 amide bonds. The summed E-state index contributed by atoms with van der Waals surface area (Å²) in [6, 6.07) is 11.5. The highest BCUT2D eigenvalue weighted by Gasteiger charge is 2.07. The van der Waals surface area contributed by atoms with Crippen LogP contribution in [0.4, 0.5) is 5.69 Å². The van der Waals surface area contributed by atoms with Crippen LogP contribution in [0.5, 0.6) is 0 Å². The SMILES string of the molecule is CCN(CC)CCSc1cc(C)c2cc(NC(=O)/C=C\c3ccco3)ccc2n1. The van der Waals surface area contributed by atoms with Crippen LogP contribution in [0.25, 0.3) is 17.0 Å². The number of carbonyl (C=O) groups is 1. The summed E-state index contributed by atoms with van der Waals surface area (Å²) in [5.41, 5.74) is 2.85. The number of furan rings is 1. The van der Waals surface area contributed by atoms with Crippen molar-refractivity contribution in [2.24, 2.45) is 0 Å². The number of thioether (sulfide) groups is 1. The van der Waals surface area contributed by atoms with Gasteiger partial charge in [0.15, 0.2) is 0 Å². The Labute approximate surface area is 176 Å². The van der Waals surface area contributed by atoms with Crippen LogP contribution in [0.2, 0.25) is 0 Å². The number of benzene rings is 1. The van der Waals surface area contributed by atoms with E-state index in [1.807, 2.05) is 18.2 Å². The molecular formula is C23H27N3O2S. The molecule has 0 fully saturated rings. The molecule has 1 aromatic carbocycles. The van der Waals surface area contributed by atoms with Crippen molar-refractivity contribution in [3.05, 3.63) is 60.1 Å². The summed E-state index contributed by atoms with van der Waals surface area (Å²) in [5, 5.41) is 4.98. The third kappa shape index (κ3) is 5.95. The Morgan fingerprint density at radius 2 is 2.07 bits per heavy atom. The number of rotatable bonds is 9. The molecule has 0 radical (unpaired) electrons. The second-order valence-electron chi connectivity index (χ2n) is 6.72. The lowest BCUT2D eigenvalue weighted by Crippen LogP contribution is -2.25. The topological polar surface area (TPSA) is 58.4 Å². The van der Waals surface area contributed by atoms with Crippen LogP contribution in [0.15, 0.2) is 58.2 Å². The Bertz CT molecular complexity index is 979. The molecule has 29 heavy (non-hydrogen) atoms. The Kier molecular flexibility index (Phi) is 7.49. The van der Waals surface area contributed by atoms with Gasteiger partial charge in [-0.2, -0.15) is 0 Å². The van der Waals surface area contributed by atoms with E-state index in [0.717, 1.165) is 52.6 Å². The van der Waals surface area contributed by atoms with Crippen LogP contribution in [0.3, 0.4) is 0 Å². The van der Waals surface area contributed by atoms with Crippen LogP contribution in [0, 0.1) is 6.92 Å². The summed E-state index contributed by atoms with van der Waals surface area (Å²) in [6.07, 6.45) is 4.68. The molecule has 1 N–H and O–H groups in total. The molecule has 0 saturated carbocycles. The lowest BCUT2D eigenvalue weighted by molar-refractivity contribution is -0.111. The van der Waals surface area contributed by atoms with Gasteiger partial charge in [-0.05, 0) is 68.1 Å². The van der Waals surface area contributed by atoms with Gasteiger partial charge < -0.3 is 14.6 Å². The number of hydrogen-bond donors (Lipinski definition) is 1. The third-order valence-electron chi connectivity index (χ3n) is 4.75. The zero-order chi connectivity index (χ0) is 20.6. The average Bonchev–Trinajstić information content (AvgIpc) is 3.24. The number of pyridine rings is 1. The number of aryl methyl sites for hydroxylation is 1. The van der Waals surface area contributed by atoms with Gasteiger partial charge >= 0.3 is 0 Å². The van der Waals surface area contributed by atoms with E-state index in [-0.39, 0.29) is 5.91 Å². The molecule has 2 aromatic heterocycles. The van der Waals surface area contributed by atoms with Crippen molar-refractivity contribution in [2.75, 3.05) is 30.7 Å². The molecule has 6 heteroatoms. The fourth-order valence-electron chi connectivity index (χ4n) is 3.06. The zero-order valence-corrected chi connectivity index (χ0v) is 18.0. The van der Waals surface area contributed by atoms with E-state index in [2.05, 4.69) is 37.1 Å². The van der Waals surface area contributed by atoms with Crippen molar-refractivity contribution in [3.63, 3.8) is 0 Å². The second kappa shape index (κ2) is 10.3. The molecule has 0 aliphatic heterocycles. The first kappa shape index (κ1) is 21.1. The first-order valence-corrected chi connectivity index (χ1v) is 10.9. The van der Waals surface area contributed by atoms with Gasteiger partial charge in [0.1, 0.15) is 5.76 Å². The Morgan fingerprint density at radius 3 is 2.79 bits per heavy atom. The number of nitrogens with one attached hydrogen (secondary N) is 1. The minimum absolute atomic E-state index is 0.199. The number of nitrogens with zero attached hydrogens (tertiary/aromatic N) is 2. The largest absolute Gasteiger partial charge is 0.465 e. The van der Waals surface area contributed by atoms with Crippen molar-refractivity contribution in [3.8, 4) is 0 Å². The minimum atomic E-state index is -0.199. The van der Waals surface area contributed by atoms with E-state index < -0.39 is 0 Å². The van der Waals surface area contributed by atoms with E-state index >= 15 is 0 Å². The molecule has 0 aliphatic rings. The molecule has 0 atom stereocenters. The summed E-state index contributed by atoms with van der Waals surface area (Å²) in [5.74, 6) is 1.47. The zero-order valence-electron chi connectivity index (χ0n) is 17.1. The molecular weight excluding hydrogens is 382 g/mol. The van der Waals surface area contributed by atoms with Crippen LogP contribution < -0.4 is 5.32 Å². The van der Waals surface area contributed by atoms with Crippen molar-refractivity contribution in [1.82, 2.24) is 9.88 Å². The highest BCUT2D eigenvalue weighted by molar-refractivity contribution is 7.99. The predicted octanol–water partition coefficient (Wildman–Crippen LogP) is 5.22. The fourth-order valence-corrected chi connectivity index (χ4v) is 4.04. The predicted molar refractivity (Wildman–Crippen MR) is 121 cm³/mol. The monoisotopic (exact) mass is 409 g/mol. The maximum absolute atomic E-state index is 12.1. The van der Waals surface area contributed by atoms with E-state index in [9.17, 15) is 4.79 Å². The number of carbonyl (C=O) groups excluding carboxylic acids is 1. The van der Waals surface area contributed by atoms with Gasteiger partial charge in [-0.3, -0.25) is 4.79 Å². The summed E-state index contributed by atoms with van der Waals surface area (Å²) < 4.78 is 5.19. The molecule has 3 aromatic rings. The summed E-state index contributed by atoms with van der Waals surface area (Å²) in [4.78, 5) is 19.3. The number of fused-ring (bicyclic) bond motifs is 1. The number of amides is 1. The van der Waals surface area contributed by atoms with Gasteiger partial charge in [0.25, 0.3) is 0 Å². The molecule has 2 heterocycles. The fraction of sp³-hybridized carbons (Fsp3) is 0.304. The average molecular weight is 410 g/mol. The van der Waals surface area contributed by atoms with Gasteiger partial charge in [-0.15, -0.1) is 11.8 Å². The van der Waals surface area contributed by atoms with Crippen LogP contribution in [-0.2, 0) is 4.79 Å². The van der Waals surface area contributed by atoms with Gasteiger partial charge in [0, 0.05) is 29.4 Å². The molecule has 0 spiro atoms. The summed E-state index contributed by atoms with van der Waals surface area (Å²) in [6.45, 7) is 9.68. The smallest absolute Gasteiger partial charge is 0.248 e. The van der Waals surface area contributed by atoms with E-state index in [1.54, 1.807) is 36.2 Å². The summed E-state index contributed by atoms with van der Waals surface area (Å²) in [7, 11) is 0. The first-order valence-electron chi connectivity index (χ1n) is 9.88. The lowest BCUT2D eigenvalue weighted by Gasteiger charge is -2.17. The molecule has 5 nitrogen and oxygen atoms in total. The molecule has 3 rings (SSSR count). The van der Waals surface area contributed by atoms with Crippen LogP contribution in [-0.4, -0.2) is 41.2 Å². The van der Waals surface area contributed by atoms with Crippen molar-refractivity contribution >= 4 is 40.3 Å². The highest BCUT2D eigenvalue weighted by atomic mass is 32.2. The van der Waals surface area contributed by atoms with E-state index in [4.69, 9.17) is 9.40 Å². The normalized spacial score (nSPS) is 11.6. The molecule has 0 unspecified atom stereocenters. The Morgan fingerprint density at radius 1 is 1.24 bits per heavy atom. The highest BCUT2D eigenvalue weighted by Crippen LogP contribution is 2.26. The van der Waals surface area contributed by atoms with Gasteiger partial charge in [-0.1, -0.05) is 13.8 Å². The minimum Gasteiger partial charge on any atom is -0.465 e. The molecule has 152 valence electrons. The van der Waals surface area contributed by atoms with Gasteiger partial charge in [0.2, 0.25) is 5.91 Å². The second-order valence-corrected chi connectivity index (χ2v) is 7.84. The number of aromatic nitrogens is 1. The van der Waals surface area contributed by atoms with Crippen molar-refractivity contribution < 1.29 is 9.21 Å². The maximum Gasteiger partial charge on any atom is 0.248 e. The summed E-state index contributed by atoms with van der Waals surface area (Å²) >= 11 is 1.79. The van der Waals surface area contributed by atoms with Gasteiger partial charge in [0.05, 0.1) is 16.8 Å². The van der Waals surface area contributed by atoms with Crippen molar-refractivity contribution in [2.45, 2.75) is 25.8 Å². The van der Waals surface area contributed by atoms with Crippen LogP contribution in [0.1, 0.15) is 25.2 Å². The van der Waals surface area contributed by atoms with Gasteiger partial charge in [-0.25, -0.2) is 4.98 Å². The first-order chi connectivity index (χ1) is 14.1. The number of anilines is 1.